The monoisotopic (exact) mass is 248 g/mol. The molecule has 0 amide bonds. The fourth-order valence-corrected chi connectivity index (χ4v) is 2.38. The molecule has 1 N–H and O–H groups in total. The highest BCUT2D eigenvalue weighted by Gasteiger charge is 2.22. The van der Waals surface area contributed by atoms with Crippen molar-refractivity contribution in [2.24, 2.45) is 5.92 Å². The first-order chi connectivity index (χ1) is 8.74. The number of carbonyl (C=O) groups is 1. The number of carbonyl (C=O) groups excluding carboxylic acids is 1. The lowest BCUT2D eigenvalue weighted by molar-refractivity contribution is -0.146. The van der Waals surface area contributed by atoms with Crippen molar-refractivity contribution in [1.29, 1.82) is 0 Å². The maximum Gasteiger partial charge on any atom is 0.306 e. The van der Waals surface area contributed by atoms with Crippen molar-refractivity contribution in [3.05, 3.63) is 35.9 Å². The van der Waals surface area contributed by atoms with Gasteiger partial charge in [-0.15, -0.1) is 0 Å². The van der Waals surface area contributed by atoms with Crippen LogP contribution in [0.2, 0.25) is 0 Å². The van der Waals surface area contributed by atoms with Crippen LogP contribution in [0, 0.1) is 5.92 Å². The van der Waals surface area contributed by atoms with Crippen molar-refractivity contribution in [2.45, 2.75) is 44.8 Å². The molecule has 0 spiro atoms. The molecule has 98 valence electrons. The molecular formula is C15H20O3. The molecule has 0 aliphatic heterocycles. The zero-order valence-corrected chi connectivity index (χ0v) is 10.5. The predicted molar refractivity (Wildman–Crippen MR) is 68.8 cm³/mol. The summed E-state index contributed by atoms with van der Waals surface area (Å²) in [6.07, 6.45) is 3.82. The highest BCUT2D eigenvalue weighted by Crippen LogP contribution is 2.27. The molecule has 1 aliphatic rings. The summed E-state index contributed by atoms with van der Waals surface area (Å²) in [7, 11) is 0. The van der Waals surface area contributed by atoms with Crippen LogP contribution in [0.5, 0.6) is 0 Å². The summed E-state index contributed by atoms with van der Waals surface area (Å²) in [6.45, 7) is 0.356. The van der Waals surface area contributed by atoms with Crippen LogP contribution in [0.3, 0.4) is 0 Å². The van der Waals surface area contributed by atoms with Gasteiger partial charge in [-0.3, -0.25) is 4.79 Å². The lowest BCUT2D eigenvalue weighted by Crippen LogP contribution is -2.21. The van der Waals surface area contributed by atoms with E-state index in [1.165, 1.54) is 0 Å². The number of hydrogen-bond acceptors (Lipinski definition) is 3. The van der Waals surface area contributed by atoms with E-state index in [-0.39, 0.29) is 12.1 Å². The predicted octanol–water partition coefficient (Wildman–Crippen LogP) is 2.67. The van der Waals surface area contributed by atoms with E-state index in [1.54, 1.807) is 0 Å². The third-order valence-corrected chi connectivity index (χ3v) is 3.51. The average Bonchev–Trinajstić information content (AvgIpc) is 2.40. The van der Waals surface area contributed by atoms with Crippen LogP contribution in [0.15, 0.2) is 30.3 Å². The summed E-state index contributed by atoms with van der Waals surface area (Å²) in [5.74, 6) is 0.261. The summed E-state index contributed by atoms with van der Waals surface area (Å²) in [5.41, 5.74) is 1.02. The molecule has 1 aliphatic carbocycles. The molecule has 1 fully saturated rings. The summed E-state index contributed by atoms with van der Waals surface area (Å²) in [6, 6.07) is 9.71. The molecule has 0 aromatic heterocycles. The molecule has 0 bridgehead atoms. The second-order valence-corrected chi connectivity index (χ2v) is 5.02. The fourth-order valence-electron chi connectivity index (χ4n) is 2.38. The van der Waals surface area contributed by atoms with Crippen LogP contribution in [-0.4, -0.2) is 17.2 Å². The molecular weight excluding hydrogens is 228 g/mol. The normalized spacial score (nSPS) is 23.6. The number of benzene rings is 1. The van der Waals surface area contributed by atoms with Gasteiger partial charge in [0.1, 0.15) is 6.61 Å². The molecule has 1 aromatic rings. The van der Waals surface area contributed by atoms with E-state index in [2.05, 4.69) is 0 Å². The number of aliphatic hydroxyl groups excluding tert-OH is 1. The summed E-state index contributed by atoms with van der Waals surface area (Å²) >= 11 is 0. The number of ether oxygens (including phenoxy) is 1. The molecule has 0 saturated heterocycles. The van der Waals surface area contributed by atoms with Crippen LogP contribution < -0.4 is 0 Å². The van der Waals surface area contributed by atoms with E-state index in [0.717, 1.165) is 31.2 Å². The molecule has 18 heavy (non-hydrogen) atoms. The van der Waals surface area contributed by atoms with Gasteiger partial charge in [-0.05, 0) is 37.2 Å². The number of hydrogen-bond donors (Lipinski definition) is 1. The van der Waals surface area contributed by atoms with Gasteiger partial charge < -0.3 is 9.84 Å². The van der Waals surface area contributed by atoms with Gasteiger partial charge in [0.05, 0.1) is 6.10 Å². The summed E-state index contributed by atoms with van der Waals surface area (Å²) in [5, 5.41) is 9.40. The van der Waals surface area contributed by atoms with E-state index < -0.39 is 0 Å². The van der Waals surface area contributed by atoms with E-state index in [4.69, 9.17) is 4.74 Å². The Labute approximate surface area is 108 Å². The number of esters is 1. The van der Waals surface area contributed by atoms with Crippen molar-refractivity contribution in [3.63, 3.8) is 0 Å². The lowest BCUT2D eigenvalue weighted by Gasteiger charge is -2.24. The Bertz CT molecular complexity index is 367. The van der Waals surface area contributed by atoms with Crippen molar-refractivity contribution >= 4 is 5.97 Å². The van der Waals surface area contributed by atoms with Crippen LogP contribution in [-0.2, 0) is 16.1 Å². The minimum atomic E-state index is -0.165. The summed E-state index contributed by atoms with van der Waals surface area (Å²) in [4.78, 5) is 11.7. The molecule has 3 nitrogen and oxygen atoms in total. The lowest BCUT2D eigenvalue weighted by atomic mass is 9.85. The second kappa shape index (κ2) is 6.55. The van der Waals surface area contributed by atoms with Crippen LogP contribution in [0.25, 0.3) is 0 Å². The molecule has 0 unspecified atom stereocenters. The molecule has 0 heterocycles. The molecule has 3 heteroatoms. The van der Waals surface area contributed by atoms with Gasteiger partial charge >= 0.3 is 5.97 Å². The number of aliphatic hydroxyl groups is 1. The quantitative estimate of drug-likeness (QED) is 0.833. The maximum atomic E-state index is 11.7. The Kier molecular flexibility index (Phi) is 4.76. The van der Waals surface area contributed by atoms with Crippen LogP contribution in [0.4, 0.5) is 0 Å². The third kappa shape index (κ3) is 4.15. The zero-order valence-electron chi connectivity index (χ0n) is 10.5. The van der Waals surface area contributed by atoms with Gasteiger partial charge in [-0.25, -0.2) is 0 Å². The van der Waals surface area contributed by atoms with Gasteiger partial charge in [0, 0.05) is 6.42 Å². The Morgan fingerprint density at radius 1 is 1.17 bits per heavy atom. The Morgan fingerprint density at radius 3 is 2.50 bits per heavy atom. The van der Waals surface area contributed by atoms with Crippen LogP contribution in [0.1, 0.15) is 37.7 Å². The van der Waals surface area contributed by atoms with Crippen molar-refractivity contribution in [3.8, 4) is 0 Å². The van der Waals surface area contributed by atoms with E-state index in [9.17, 15) is 9.90 Å². The molecule has 0 radical (unpaired) electrons. The highest BCUT2D eigenvalue weighted by atomic mass is 16.5. The molecule has 1 aromatic carbocycles. The third-order valence-electron chi connectivity index (χ3n) is 3.51. The second-order valence-electron chi connectivity index (χ2n) is 5.02. The molecule has 2 rings (SSSR count). The first-order valence-corrected chi connectivity index (χ1v) is 6.61. The first-order valence-electron chi connectivity index (χ1n) is 6.61. The van der Waals surface area contributed by atoms with Gasteiger partial charge in [-0.1, -0.05) is 30.3 Å². The van der Waals surface area contributed by atoms with Crippen molar-refractivity contribution in [2.75, 3.05) is 0 Å². The smallest absolute Gasteiger partial charge is 0.306 e. The Hall–Kier alpha value is -1.35. The van der Waals surface area contributed by atoms with E-state index in [0.29, 0.717) is 18.9 Å². The minimum absolute atomic E-state index is 0.125. The van der Waals surface area contributed by atoms with Gasteiger partial charge in [-0.2, -0.15) is 0 Å². The maximum absolute atomic E-state index is 11.7. The largest absolute Gasteiger partial charge is 0.461 e. The Morgan fingerprint density at radius 2 is 1.83 bits per heavy atom. The fraction of sp³-hybridized carbons (Fsp3) is 0.533. The first kappa shape index (κ1) is 13.1. The van der Waals surface area contributed by atoms with E-state index >= 15 is 0 Å². The van der Waals surface area contributed by atoms with Crippen molar-refractivity contribution in [1.82, 2.24) is 0 Å². The summed E-state index contributed by atoms with van der Waals surface area (Å²) < 4.78 is 5.26. The van der Waals surface area contributed by atoms with Crippen molar-refractivity contribution < 1.29 is 14.6 Å². The number of rotatable bonds is 4. The van der Waals surface area contributed by atoms with E-state index in [1.807, 2.05) is 30.3 Å². The standard InChI is InChI=1S/C15H20O3/c16-14-8-6-12(7-9-14)10-15(17)18-11-13-4-2-1-3-5-13/h1-5,12,14,16H,6-11H2. The minimum Gasteiger partial charge on any atom is -0.461 e. The Balaban J connectivity index is 1.69. The van der Waals surface area contributed by atoms with Gasteiger partial charge in [0.2, 0.25) is 0 Å². The molecule has 0 atom stereocenters. The SMILES string of the molecule is O=C(CC1CCC(O)CC1)OCc1ccccc1. The van der Waals surface area contributed by atoms with Crippen LogP contribution >= 0.6 is 0 Å². The topological polar surface area (TPSA) is 46.5 Å². The zero-order chi connectivity index (χ0) is 12.8. The van der Waals surface area contributed by atoms with Gasteiger partial charge in [0.15, 0.2) is 0 Å². The highest BCUT2D eigenvalue weighted by molar-refractivity contribution is 5.69. The molecule has 1 saturated carbocycles. The average molecular weight is 248 g/mol. The van der Waals surface area contributed by atoms with Gasteiger partial charge in [0.25, 0.3) is 0 Å².